The first kappa shape index (κ1) is 17.6. The van der Waals surface area contributed by atoms with Gasteiger partial charge in [0.2, 0.25) is 0 Å². The van der Waals surface area contributed by atoms with Gasteiger partial charge in [0.05, 0.1) is 25.9 Å². The van der Waals surface area contributed by atoms with E-state index in [0.717, 1.165) is 12.1 Å². The van der Waals surface area contributed by atoms with Gasteiger partial charge in [-0.2, -0.15) is 0 Å². The van der Waals surface area contributed by atoms with E-state index < -0.39 is 23.7 Å². The number of carbonyl (C=O) groups excluding carboxylic acids is 1. The van der Waals surface area contributed by atoms with Gasteiger partial charge in [-0.25, -0.2) is 13.6 Å². The summed E-state index contributed by atoms with van der Waals surface area (Å²) in [6.45, 7) is 4.88. The molecule has 1 aromatic rings. The number of ether oxygens (including phenoxy) is 3. The lowest BCUT2D eigenvalue weighted by Gasteiger charge is -2.19. The maximum Gasteiger partial charge on any atom is 0.330 e. The largest absolute Gasteiger partial charge is 0.463 e. The molecule has 126 valence electrons. The van der Waals surface area contributed by atoms with E-state index in [2.05, 4.69) is 0 Å². The average Bonchev–Trinajstić information content (AvgIpc) is 3.34. The number of benzene rings is 1. The molecule has 6 heteroatoms. The number of rotatable bonds is 8. The van der Waals surface area contributed by atoms with E-state index in [4.69, 9.17) is 14.2 Å². The molecule has 0 bridgehead atoms. The first-order chi connectivity index (χ1) is 11.0. The Morgan fingerprint density at radius 2 is 2.09 bits per heavy atom. The van der Waals surface area contributed by atoms with Crippen molar-refractivity contribution >= 4 is 12.0 Å². The topological polar surface area (TPSA) is 48.1 Å². The molecule has 1 aromatic carbocycles. The van der Waals surface area contributed by atoms with Gasteiger partial charge in [0, 0.05) is 6.08 Å². The van der Waals surface area contributed by atoms with E-state index >= 15 is 0 Å². The van der Waals surface area contributed by atoms with Gasteiger partial charge in [0.15, 0.2) is 11.6 Å². The van der Waals surface area contributed by atoms with Gasteiger partial charge in [0.25, 0.3) is 0 Å². The lowest BCUT2D eigenvalue weighted by atomic mass is 9.99. The van der Waals surface area contributed by atoms with Crippen LogP contribution < -0.4 is 0 Å². The summed E-state index contributed by atoms with van der Waals surface area (Å²) in [5.74, 6) is -2.46. The number of halogens is 2. The van der Waals surface area contributed by atoms with Crippen molar-refractivity contribution in [2.24, 2.45) is 0 Å². The van der Waals surface area contributed by atoms with Gasteiger partial charge in [-0.15, -0.1) is 0 Å². The van der Waals surface area contributed by atoms with Crippen molar-refractivity contribution in [2.45, 2.75) is 32.5 Å². The summed E-state index contributed by atoms with van der Waals surface area (Å²) in [6.07, 6.45) is 2.85. The molecule has 0 N–H and O–H groups in total. The van der Waals surface area contributed by atoms with Crippen LogP contribution in [-0.4, -0.2) is 31.9 Å². The molecule has 1 aliphatic heterocycles. The highest BCUT2D eigenvalue weighted by atomic mass is 19.2. The van der Waals surface area contributed by atoms with E-state index in [1.807, 2.05) is 6.92 Å². The van der Waals surface area contributed by atoms with Crippen LogP contribution in [-0.2, 0) is 19.0 Å². The van der Waals surface area contributed by atoms with Crippen molar-refractivity contribution in [3.8, 4) is 0 Å². The first-order valence-electron chi connectivity index (χ1n) is 7.62. The van der Waals surface area contributed by atoms with Crippen LogP contribution in [0.1, 0.15) is 37.5 Å². The molecule has 0 aliphatic carbocycles. The fourth-order valence-electron chi connectivity index (χ4n) is 2.16. The molecule has 0 aromatic heterocycles. The second-order valence-electron chi connectivity index (χ2n) is 5.17. The highest BCUT2D eigenvalue weighted by Crippen LogP contribution is 2.29. The minimum atomic E-state index is -0.974. The van der Waals surface area contributed by atoms with Crippen LogP contribution in [0.3, 0.4) is 0 Å². The Morgan fingerprint density at radius 1 is 1.39 bits per heavy atom. The van der Waals surface area contributed by atoms with Crippen LogP contribution in [0.2, 0.25) is 0 Å². The minimum Gasteiger partial charge on any atom is -0.463 e. The Hall–Kier alpha value is -1.79. The number of hydrogen-bond acceptors (Lipinski definition) is 4. The standard InChI is InChI=1S/C17H20F2O4/c1-3-16(23-10-12-9-22-12)13-8-15(19)14(18)7-11(13)5-6-17(20)21-4-2/h5-8,12,16H,3-4,9-10H2,1-2H3/t12?,16-/m1/s1. The molecule has 23 heavy (non-hydrogen) atoms. The summed E-state index contributed by atoms with van der Waals surface area (Å²) in [5, 5.41) is 0. The number of epoxide rings is 1. The molecule has 1 unspecified atom stereocenters. The predicted octanol–water partition coefficient (Wildman–Crippen LogP) is 3.41. The Kier molecular flexibility index (Phi) is 6.24. The van der Waals surface area contributed by atoms with Crippen LogP contribution in [0.15, 0.2) is 18.2 Å². The number of carbonyl (C=O) groups is 1. The Balaban J connectivity index is 2.23. The fraction of sp³-hybridized carbons (Fsp3) is 0.471. The van der Waals surface area contributed by atoms with Crippen molar-refractivity contribution in [1.29, 1.82) is 0 Å². The summed E-state index contributed by atoms with van der Waals surface area (Å²) >= 11 is 0. The van der Waals surface area contributed by atoms with Gasteiger partial charge >= 0.3 is 5.97 Å². The highest BCUT2D eigenvalue weighted by Gasteiger charge is 2.25. The maximum absolute atomic E-state index is 13.6. The quantitative estimate of drug-likeness (QED) is 0.417. The molecule has 0 radical (unpaired) electrons. The third kappa shape index (κ3) is 5.11. The van der Waals surface area contributed by atoms with E-state index in [1.165, 1.54) is 12.2 Å². The lowest BCUT2D eigenvalue weighted by molar-refractivity contribution is -0.137. The summed E-state index contributed by atoms with van der Waals surface area (Å²) in [7, 11) is 0. The van der Waals surface area contributed by atoms with E-state index in [-0.39, 0.29) is 12.7 Å². The van der Waals surface area contributed by atoms with E-state index in [1.54, 1.807) is 6.92 Å². The van der Waals surface area contributed by atoms with Crippen molar-refractivity contribution in [3.05, 3.63) is 41.0 Å². The molecule has 0 spiro atoms. The molecule has 0 amide bonds. The zero-order chi connectivity index (χ0) is 16.8. The van der Waals surface area contributed by atoms with Crippen LogP contribution in [0.4, 0.5) is 8.78 Å². The van der Waals surface area contributed by atoms with E-state index in [0.29, 0.717) is 30.8 Å². The summed E-state index contributed by atoms with van der Waals surface area (Å²) in [6, 6.07) is 2.17. The highest BCUT2D eigenvalue weighted by molar-refractivity contribution is 5.87. The first-order valence-corrected chi connectivity index (χ1v) is 7.62. The number of esters is 1. The fourth-order valence-corrected chi connectivity index (χ4v) is 2.16. The molecule has 1 heterocycles. The van der Waals surface area contributed by atoms with Crippen molar-refractivity contribution in [2.75, 3.05) is 19.8 Å². The van der Waals surface area contributed by atoms with Gasteiger partial charge in [-0.05, 0) is 42.7 Å². The molecular weight excluding hydrogens is 306 g/mol. The van der Waals surface area contributed by atoms with Gasteiger partial charge in [0.1, 0.15) is 6.10 Å². The second-order valence-corrected chi connectivity index (χ2v) is 5.17. The average molecular weight is 326 g/mol. The summed E-state index contributed by atoms with van der Waals surface area (Å²) < 4.78 is 42.8. The smallest absolute Gasteiger partial charge is 0.330 e. The molecular formula is C17H20F2O4. The van der Waals surface area contributed by atoms with Crippen LogP contribution in [0.5, 0.6) is 0 Å². The Labute approximate surface area is 134 Å². The van der Waals surface area contributed by atoms with Crippen LogP contribution in [0, 0.1) is 11.6 Å². The molecule has 1 aliphatic rings. The van der Waals surface area contributed by atoms with Gasteiger partial charge in [-0.1, -0.05) is 6.92 Å². The molecule has 1 fully saturated rings. The minimum absolute atomic E-state index is 0.0767. The Bertz CT molecular complexity index is 582. The zero-order valence-electron chi connectivity index (χ0n) is 13.2. The molecule has 2 atom stereocenters. The summed E-state index contributed by atoms with van der Waals surface area (Å²) in [5.41, 5.74) is 0.883. The monoisotopic (exact) mass is 326 g/mol. The van der Waals surface area contributed by atoms with E-state index in [9.17, 15) is 13.6 Å². The van der Waals surface area contributed by atoms with Crippen LogP contribution >= 0.6 is 0 Å². The Morgan fingerprint density at radius 3 is 2.70 bits per heavy atom. The number of hydrogen-bond donors (Lipinski definition) is 0. The molecule has 4 nitrogen and oxygen atoms in total. The second kappa shape index (κ2) is 8.17. The molecule has 1 saturated heterocycles. The predicted molar refractivity (Wildman–Crippen MR) is 80.7 cm³/mol. The van der Waals surface area contributed by atoms with Gasteiger partial charge in [-0.3, -0.25) is 0 Å². The van der Waals surface area contributed by atoms with Crippen molar-refractivity contribution in [3.63, 3.8) is 0 Å². The molecule has 0 saturated carbocycles. The zero-order valence-corrected chi connectivity index (χ0v) is 13.2. The third-order valence-corrected chi connectivity index (χ3v) is 3.41. The van der Waals surface area contributed by atoms with Gasteiger partial charge < -0.3 is 14.2 Å². The summed E-state index contributed by atoms with van der Waals surface area (Å²) in [4.78, 5) is 11.4. The SMILES string of the molecule is CCOC(=O)C=Cc1cc(F)c(F)cc1[C@@H](CC)OCC1CO1. The normalized spacial score (nSPS) is 18.2. The third-order valence-electron chi connectivity index (χ3n) is 3.41. The lowest BCUT2D eigenvalue weighted by Crippen LogP contribution is -2.10. The molecule has 2 rings (SSSR count). The van der Waals surface area contributed by atoms with Crippen molar-refractivity contribution < 1.29 is 27.8 Å². The van der Waals surface area contributed by atoms with Crippen LogP contribution in [0.25, 0.3) is 6.08 Å². The van der Waals surface area contributed by atoms with Crippen molar-refractivity contribution in [1.82, 2.24) is 0 Å². The maximum atomic E-state index is 13.6.